The van der Waals surface area contributed by atoms with Crippen LogP contribution in [0.2, 0.25) is 0 Å². The van der Waals surface area contributed by atoms with Crippen LogP contribution in [0.15, 0.2) is 33.9 Å². The van der Waals surface area contributed by atoms with Gasteiger partial charge in [0, 0.05) is 13.1 Å². The number of aromatic amines is 1. The normalized spacial score (nSPS) is 12.0. The molecule has 21 heavy (non-hydrogen) atoms. The number of rotatable bonds is 4. The molecule has 7 nitrogen and oxygen atoms in total. The van der Waals surface area contributed by atoms with Gasteiger partial charge in [-0.1, -0.05) is 12.1 Å². The average molecular weight is 290 g/mol. The van der Waals surface area contributed by atoms with Crippen molar-refractivity contribution in [3.8, 4) is 5.75 Å². The number of hydrogen-bond donors (Lipinski definition) is 3. The molecule has 0 radical (unpaired) electrons. The number of nitrogens with two attached hydrogens (primary N) is 1. The summed E-state index contributed by atoms with van der Waals surface area (Å²) in [5.41, 5.74) is 5.89. The number of H-pyrrole nitrogens is 1. The van der Waals surface area contributed by atoms with Gasteiger partial charge >= 0.3 is 5.69 Å². The highest BCUT2D eigenvalue weighted by molar-refractivity contribution is 5.61. The minimum atomic E-state index is -0.542. The van der Waals surface area contributed by atoms with Crippen LogP contribution < -0.4 is 27.0 Å². The fourth-order valence-corrected chi connectivity index (χ4v) is 1.97. The topological polar surface area (TPSA) is 102 Å². The number of nitrogens with one attached hydrogen (secondary N) is 2. The fraction of sp³-hybridized carbons (Fsp3) is 0.286. The van der Waals surface area contributed by atoms with E-state index in [9.17, 15) is 9.59 Å². The molecule has 0 bridgehead atoms. The lowest BCUT2D eigenvalue weighted by Crippen LogP contribution is -2.32. The lowest BCUT2D eigenvalue weighted by atomic mass is 10.1. The maximum Gasteiger partial charge on any atom is 0.329 e. The Labute approximate surface area is 121 Å². The maximum atomic E-state index is 11.8. The van der Waals surface area contributed by atoms with Gasteiger partial charge in [0.15, 0.2) is 0 Å². The number of hydrogen-bond acceptors (Lipinski definition) is 5. The molecule has 1 atom stereocenters. The Morgan fingerprint density at radius 1 is 1.29 bits per heavy atom. The van der Waals surface area contributed by atoms with Crippen molar-refractivity contribution >= 4 is 11.5 Å². The lowest BCUT2D eigenvalue weighted by Gasteiger charge is -2.17. The quantitative estimate of drug-likeness (QED) is 0.774. The first-order chi connectivity index (χ1) is 9.93. The van der Waals surface area contributed by atoms with Gasteiger partial charge in [0.05, 0.1) is 7.11 Å². The summed E-state index contributed by atoms with van der Waals surface area (Å²) in [6.45, 7) is 1.89. The van der Waals surface area contributed by atoms with Gasteiger partial charge in [0.25, 0.3) is 5.56 Å². The number of nitrogens with zero attached hydrogens (tertiary/aromatic N) is 1. The Kier molecular flexibility index (Phi) is 4.02. The van der Waals surface area contributed by atoms with Crippen molar-refractivity contribution in [3.05, 3.63) is 50.7 Å². The molecule has 2 aromatic rings. The van der Waals surface area contributed by atoms with E-state index in [1.807, 2.05) is 31.2 Å². The molecular weight excluding hydrogens is 272 g/mol. The number of benzene rings is 1. The molecule has 0 fully saturated rings. The number of nitrogen functional groups attached to an aromatic ring is 1. The highest BCUT2D eigenvalue weighted by atomic mass is 16.5. The van der Waals surface area contributed by atoms with Gasteiger partial charge in [-0.15, -0.1) is 0 Å². The summed E-state index contributed by atoms with van der Waals surface area (Å²) in [4.78, 5) is 25.5. The number of anilines is 2. The van der Waals surface area contributed by atoms with E-state index in [4.69, 9.17) is 10.5 Å². The van der Waals surface area contributed by atoms with Crippen LogP contribution in [0.4, 0.5) is 11.5 Å². The van der Waals surface area contributed by atoms with E-state index in [2.05, 4.69) is 10.3 Å². The monoisotopic (exact) mass is 290 g/mol. The van der Waals surface area contributed by atoms with Crippen molar-refractivity contribution in [2.45, 2.75) is 13.0 Å². The number of aromatic nitrogens is 2. The summed E-state index contributed by atoms with van der Waals surface area (Å²) >= 11 is 0. The molecule has 0 saturated heterocycles. The smallest absolute Gasteiger partial charge is 0.329 e. The first-order valence-electron chi connectivity index (χ1n) is 6.43. The Balaban J connectivity index is 2.31. The van der Waals surface area contributed by atoms with Crippen LogP contribution in [0.25, 0.3) is 0 Å². The lowest BCUT2D eigenvalue weighted by molar-refractivity contribution is 0.414. The van der Waals surface area contributed by atoms with Gasteiger partial charge in [-0.05, 0) is 24.6 Å². The van der Waals surface area contributed by atoms with Crippen LogP contribution in [0.5, 0.6) is 5.75 Å². The SMILES string of the molecule is COc1ccc(C(C)Nc2c(N)n(C)c(=O)[nH]c2=O)cc1. The zero-order valence-corrected chi connectivity index (χ0v) is 12.1. The van der Waals surface area contributed by atoms with E-state index >= 15 is 0 Å². The molecule has 1 aromatic heterocycles. The van der Waals surface area contributed by atoms with Crippen LogP contribution >= 0.6 is 0 Å². The van der Waals surface area contributed by atoms with Crippen molar-refractivity contribution in [1.29, 1.82) is 0 Å². The third-order valence-electron chi connectivity index (χ3n) is 3.35. The van der Waals surface area contributed by atoms with Crippen LogP contribution in [0.3, 0.4) is 0 Å². The Hall–Kier alpha value is -2.70. The third kappa shape index (κ3) is 2.91. The van der Waals surface area contributed by atoms with Gasteiger partial charge in [0.1, 0.15) is 17.3 Å². The van der Waals surface area contributed by atoms with Gasteiger partial charge in [0.2, 0.25) is 0 Å². The van der Waals surface area contributed by atoms with Crippen molar-refractivity contribution < 1.29 is 4.74 Å². The standard InChI is InChI=1S/C14H18N4O3/c1-8(9-4-6-10(21-3)7-5-9)16-11-12(15)18(2)14(20)17-13(11)19/h4-8,16H,15H2,1-3H3,(H,17,19,20). The molecule has 0 saturated carbocycles. The first kappa shape index (κ1) is 14.7. The molecule has 112 valence electrons. The van der Waals surface area contributed by atoms with Crippen LogP contribution in [-0.4, -0.2) is 16.7 Å². The minimum absolute atomic E-state index is 0.101. The van der Waals surface area contributed by atoms with Gasteiger partial charge in [-0.2, -0.15) is 0 Å². The van der Waals surface area contributed by atoms with Gasteiger partial charge in [-0.3, -0.25) is 14.3 Å². The summed E-state index contributed by atoms with van der Waals surface area (Å²) in [6.07, 6.45) is 0. The zero-order chi connectivity index (χ0) is 15.6. The maximum absolute atomic E-state index is 11.8. The summed E-state index contributed by atoms with van der Waals surface area (Å²) in [6, 6.07) is 7.30. The fourth-order valence-electron chi connectivity index (χ4n) is 1.97. The van der Waals surface area contributed by atoms with E-state index in [0.29, 0.717) is 0 Å². The van der Waals surface area contributed by atoms with Crippen LogP contribution in [0, 0.1) is 0 Å². The number of ether oxygens (including phenoxy) is 1. The molecule has 7 heteroatoms. The summed E-state index contributed by atoms with van der Waals surface area (Å²) < 4.78 is 6.29. The molecule has 0 aliphatic carbocycles. The molecule has 4 N–H and O–H groups in total. The second-order valence-corrected chi connectivity index (χ2v) is 4.72. The number of methoxy groups -OCH3 is 1. The van der Waals surface area contributed by atoms with E-state index in [0.717, 1.165) is 11.3 Å². The van der Waals surface area contributed by atoms with E-state index in [-0.39, 0.29) is 17.5 Å². The first-order valence-corrected chi connectivity index (χ1v) is 6.43. The zero-order valence-electron chi connectivity index (χ0n) is 12.1. The van der Waals surface area contributed by atoms with Crippen LogP contribution in [-0.2, 0) is 7.05 Å². The molecule has 1 aromatic carbocycles. The minimum Gasteiger partial charge on any atom is -0.497 e. The van der Waals surface area contributed by atoms with E-state index in [1.165, 1.54) is 11.6 Å². The van der Waals surface area contributed by atoms with Gasteiger partial charge in [-0.25, -0.2) is 4.79 Å². The Morgan fingerprint density at radius 3 is 2.48 bits per heavy atom. The predicted octanol–water partition coefficient (Wildman–Crippen LogP) is 0.837. The average Bonchev–Trinajstić information content (AvgIpc) is 2.49. The molecular formula is C14H18N4O3. The molecule has 0 amide bonds. The van der Waals surface area contributed by atoms with Crippen molar-refractivity contribution in [2.24, 2.45) is 7.05 Å². The third-order valence-corrected chi connectivity index (χ3v) is 3.35. The summed E-state index contributed by atoms with van der Waals surface area (Å²) in [7, 11) is 3.10. The molecule has 1 heterocycles. The van der Waals surface area contributed by atoms with Gasteiger partial charge < -0.3 is 15.8 Å². The molecule has 2 rings (SSSR count). The van der Waals surface area contributed by atoms with Crippen molar-refractivity contribution in [3.63, 3.8) is 0 Å². The summed E-state index contributed by atoms with van der Waals surface area (Å²) in [5.74, 6) is 0.856. The Bertz CT molecular complexity index is 746. The Morgan fingerprint density at radius 2 is 1.90 bits per heavy atom. The largest absolute Gasteiger partial charge is 0.497 e. The molecule has 1 unspecified atom stereocenters. The highest BCUT2D eigenvalue weighted by Gasteiger charge is 2.13. The predicted molar refractivity (Wildman–Crippen MR) is 81.7 cm³/mol. The summed E-state index contributed by atoms with van der Waals surface area (Å²) in [5, 5.41) is 3.03. The van der Waals surface area contributed by atoms with Crippen molar-refractivity contribution in [1.82, 2.24) is 9.55 Å². The van der Waals surface area contributed by atoms with E-state index < -0.39 is 11.2 Å². The molecule has 0 spiro atoms. The second-order valence-electron chi connectivity index (χ2n) is 4.72. The molecule has 0 aliphatic rings. The van der Waals surface area contributed by atoms with E-state index in [1.54, 1.807) is 7.11 Å². The molecule has 0 aliphatic heterocycles. The van der Waals surface area contributed by atoms with Crippen LogP contribution in [0.1, 0.15) is 18.5 Å². The second kappa shape index (κ2) is 5.74. The highest BCUT2D eigenvalue weighted by Crippen LogP contribution is 2.21. The van der Waals surface area contributed by atoms with Crippen molar-refractivity contribution in [2.75, 3.05) is 18.2 Å².